The fourth-order valence-corrected chi connectivity index (χ4v) is 2.96. The molecular formula is C21H37N3O5. The number of rotatable bonds is 0. The van der Waals surface area contributed by atoms with E-state index in [4.69, 9.17) is 9.47 Å². The summed E-state index contributed by atoms with van der Waals surface area (Å²) in [6, 6.07) is 0. The topological polar surface area (TPSA) is 97.3 Å². The van der Waals surface area contributed by atoms with Gasteiger partial charge in [-0.05, 0) is 47.0 Å². The van der Waals surface area contributed by atoms with Crippen molar-refractivity contribution >= 4 is 23.9 Å². The molecule has 2 amide bonds. The number of nitrogens with zero attached hydrogens (tertiary/aromatic N) is 2. The highest BCUT2D eigenvalue weighted by Gasteiger charge is 2.21. The summed E-state index contributed by atoms with van der Waals surface area (Å²) in [6.07, 6.45) is 7.45. The van der Waals surface area contributed by atoms with Crippen molar-refractivity contribution in [2.45, 2.75) is 97.2 Å². The Bertz CT molecular complexity index is 583. The summed E-state index contributed by atoms with van der Waals surface area (Å²) < 4.78 is 10.6. The highest BCUT2D eigenvalue weighted by Crippen LogP contribution is 2.13. The van der Waals surface area contributed by atoms with Gasteiger partial charge in [-0.15, -0.1) is 4.99 Å². The average Bonchev–Trinajstić information content (AvgIpc) is 2.57. The molecule has 1 saturated heterocycles. The van der Waals surface area contributed by atoms with Crippen molar-refractivity contribution in [3.63, 3.8) is 0 Å². The summed E-state index contributed by atoms with van der Waals surface area (Å²) in [7, 11) is 1.57. The van der Waals surface area contributed by atoms with Crippen molar-refractivity contribution in [1.29, 1.82) is 0 Å². The number of amides is 2. The van der Waals surface area contributed by atoms with E-state index >= 15 is 0 Å². The number of guanidine groups is 1. The summed E-state index contributed by atoms with van der Waals surface area (Å²) in [4.78, 5) is 41.9. The van der Waals surface area contributed by atoms with E-state index in [0.29, 0.717) is 6.42 Å². The quantitative estimate of drug-likeness (QED) is 0.609. The maximum atomic E-state index is 12.3. The van der Waals surface area contributed by atoms with E-state index in [9.17, 15) is 14.4 Å². The van der Waals surface area contributed by atoms with E-state index in [0.717, 1.165) is 51.4 Å². The molecule has 8 heteroatoms. The first-order chi connectivity index (χ1) is 13.6. The standard InChI is InChI=1S/C21H37N3O5/c1-16-13-11-9-7-6-8-10-12-14-17(25)22-19(24(5)15-18(26)28-16)23-20(27)29-21(2,3)4/h16H,6-15H2,1-5H3,(H,22,23,25,27). The molecule has 0 bridgehead atoms. The van der Waals surface area contributed by atoms with Crippen LogP contribution in [-0.2, 0) is 19.1 Å². The van der Waals surface area contributed by atoms with E-state index in [1.54, 1.807) is 27.8 Å². The van der Waals surface area contributed by atoms with Crippen LogP contribution in [0, 0.1) is 0 Å². The lowest BCUT2D eigenvalue weighted by molar-refractivity contribution is -0.148. The third kappa shape index (κ3) is 12.1. The SMILES string of the molecule is CC1CCCCCCCCCC(=O)N/C(=N/C(=O)OC(C)(C)C)N(C)CC(=O)O1. The maximum absolute atomic E-state index is 12.3. The molecule has 29 heavy (non-hydrogen) atoms. The molecule has 0 aliphatic carbocycles. The van der Waals surface area contributed by atoms with E-state index in [2.05, 4.69) is 10.3 Å². The number of carbonyl (C=O) groups excluding carboxylic acids is 3. The first-order valence-electron chi connectivity index (χ1n) is 10.6. The molecule has 0 spiro atoms. The van der Waals surface area contributed by atoms with Crippen molar-refractivity contribution in [2.24, 2.45) is 4.99 Å². The predicted octanol–water partition coefficient (Wildman–Crippen LogP) is 3.78. The van der Waals surface area contributed by atoms with Gasteiger partial charge in [0.1, 0.15) is 12.1 Å². The lowest BCUT2D eigenvalue weighted by Gasteiger charge is -2.23. The zero-order chi connectivity index (χ0) is 21.9. The number of hydrogen-bond donors (Lipinski definition) is 1. The molecule has 0 aromatic heterocycles. The van der Waals surface area contributed by atoms with Crippen LogP contribution in [-0.4, -0.2) is 54.1 Å². The summed E-state index contributed by atoms with van der Waals surface area (Å²) in [5.41, 5.74) is -0.713. The van der Waals surface area contributed by atoms with Crippen LogP contribution in [0.5, 0.6) is 0 Å². The Balaban J connectivity index is 2.89. The first-order valence-corrected chi connectivity index (χ1v) is 10.6. The van der Waals surface area contributed by atoms with Gasteiger partial charge in [-0.2, -0.15) is 0 Å². The van der Waals surface area contributed by atoms with Crippen LogP contribution in [0.3, 0.4) is 0 Å². The van der Waals surface area contributed by atoms with E-state index in [-0.39, 0.29) is 24.5 Å². The second-order valence-corrected chi connectivity index (χ2v) is 8.63. The molecule has 1 fully saturated rings. The van der Waals surface area contributed by atoms with Gasteiger partial charge < -0.3 is 14.4 Å². The Labute approximate surface area is 174 Å². The highest BCUT2D eigenvalue weighted by atomic mass is 16.6. The molecule has 1 aliphatic rings. The molecule has 1 heterocycles. The lowest BCUT2D eigenvalue weighted by atomic mass is 10.1. The zero-order valence-corrected chi connectivity index (χ0v) is 18.6. The molecule has 0 radical (unpaired) electrons. The molecule has 0 saturated carbocycles. The molecule has 0 aromatic rings. The van der Waals surface area contributed by atoms with Crippen LogP contribution >= 0.6 is 0 Å². The number of esters is 1. The van der Waals surface area contributed by atoms with Gasteiger partial charge in [-0.3, -0.25) is 14.9 Å². The molecule has 166 valence electrons. The number of nitrogens with one attached hydrogen (secondary N) is 1. The molecule has 8 nitrogen and oxygen atoms in total. The Hall–Kier alpha value is -2.12. The minimum Gasteiger partial charge on any atom is -0.461 e. The van der Waals surface area contributed by atoms with Crippen molar-refractivity contribution in [1.82, 2.24) is 10.2 Å². The number of hydrogen-bond acceptors (Lipinski definition) is 5. The number of aliphatic imine (C=N–C) groups is 1. The minimum atomic E-state index is -0.827. The third-order valence-corrected chi connectivity index (χ3v) is 4.42. The van der Waals surface area contributed by atoms with Gasteiger partial charge in [-0.25, -0.2) is 4.79 Å². The monoisotopic (exact) mass is 411 g/mol. The van der Waals surface area contributed by atoms with Gasteiger partial charge in [0, 0.05) is 13.5 Å². The van der Waals surface area contributed by atoms with Gasteiger partial charge in [0.2, 0.25) is 11.9 Å². The Kier molecular flexibility index (Phi) is 10.7. The van der Waals surface area contributed by atoms with E-state index in [1.165, 1.54) is 4.90 Å². The van der Waals surface area contributed by atoms with Crippen LogP contribution in [0.15, 0.2) is 4.99 Å². The largest absolute Gasteiger partial charge is 0.461 e. The number of carbonyl (C=O) groups is 3. The van der Waals surface area contributed by atoms with Gasteiger partial charge in [0.25, 0.3) is 0 Å². The van der Waals surface area contributed by atoms with Gasteiger partial charge in [-0.1, -0.05) is 32.1 Å². The third-order valence-electron chi connectivity index (χ3n) is 4.42. The van der Waals surface area contributed by atoms with Crippen molar-refractivity contribution in [2.75, 3.05) is 13.6 Å². The van der Waals surface area contributed by atoms with Crippen LogP contribution in [0.4, 0.5) is 4.79 Å². The molecule has 1 aliphatic heterocycles. The highest BCUT2D eigenvalue weighted by molar-refractivity contribution is 6.01. The van der Waals surface area contributed by atoms with Gasteiger partial charge >= 0.3 is 12.1 Å². The predicted molar refractivity (Wildman–Crippen MR) is 112 cm³/mol. The molecule has 1 atom stereocenters. The van der Waals surface area contributed by atoms with Crippen LogP contribution in [0.2, 0.25) is 0 Å². The smallest absolute Gasteiger partial charge is 0.437 e. The van der Waals surface area contributed by atoms with Crippen molar-refractivity contribution in [3.8, 4) is 0 Å². The fourth-order valence-electron chi connectivity index (χ4n) is 2.96. The zero-order valence-electron chi connectivity index (χ0n) is 18.6. The number of ether oxygens (including phenoxy) is 2. The van der Waals surface area contributed by atoms with Crippen LogP contribution in [0.1, 0.15) is 85.5 Å². The molecule has 0 aromatic carbocycles. The van der Waals surface area contributed by atoms with Crippen LogP contribution in [0.25, 0.3) is 0 Å². The maximum Gasteiger partial charge on any atom is 0.437 e. The normalized spacial score (nSPS) is 23.1. The van der Waals surface area contributed by atoms with Crippen molar-refractivity contribution < 1.29 is 23.9 Å². The average molecular weight is 412 g/mol. The first kappa shape index (κ1) is 24.9. The summed E-state index contributed by atoms with van der Waals surface area (Å²) in [5, 5.41) is 2.64. The Morgan fingerprint density at radius 3 is 2.31 bits per heavy atom. The van der Waals surface area contributed by atoms with Crippen molar-refractivity contribution in [3.05, 3.63) is 0 Å². The lowest BCUT2D eigenvalue weighted by Crippen LogP contribution is -2.45. The number of likely N-dealkylation sites (N-methyl/N-ethyl adjacent to an activating group) is 1. The van der Waals surface area contributed by atoms with E-state index in [1.807, 2.05) is 6.92 Å². The molecule has 1 unspecified atom stereocenters. The molecular weight excluding hydrogens is 374 g/mol. The van der Waals surface area contributed by atoms with Gasteiger partial charge in [0.05, 0.1) is 6.10 Å². The Morgan fingerprint density at radius 2 is 1.69 bits per heavy atom. The molecule has 1 rings (SSSR count). The second kappa shape index (κ2) is 12.4. The fraction of sp³-hybridized carbons (Fsp3) is 0.810. The number of cyclic esters (lactones) is 1. The summed E-state index contributed by atoms with van der Waals surface area (Å²) in [6.45, 7) is 6.94. The minimum absolute atomic E-state index is 0.0156. The summed E-state index contributed by atoms with van der Waals surface area (Å²) >= 11 is 0. The Morgan fingerprint density at radius 1 is 1.10 bits per heavy atom. The van der Waals surface area contributed by atoms with E-state index < -0.39 is 17.7 Å². The summed E-state index contributed by atoms with van der Waals surface area (Å²) in [5.74, 6) is -0.696. The second-order valence-electron chi connectivity index (χ2n) is 8.63. The molecule has 1 N–H and O–H groups in total. The van der Waals surface area contributed by atoms with Gasteiger partial charge in [0.15, 0.2) is 0 Å². The van der Waals surface area contributed by atoms with Crippen LogP contribution < -0.4 is 5.32 Å².